The Balaban J connectivity index is 2.63. The SMILES string of the molecule is C[C](C)COO. The maximum Gasteiger partial charge on any atom is 0.0876 e. The molecule has 1 radical (unpaired) electrons. The highest BCUT2D eigenvalue weighted by atomic mass is 17.1. The van der Waals surface area contributed by atoms with Crippen LogP contribution in [0.5, 0.6) is 0 Å². The summed E-state index contributed by atoms with van der Waals surface area (Å²) >= 11 is 0. The first kappa shape index (κ1) is 5.92. The van der Waals surface area contributed by atoms with Gasteiger partial charge in [0, 0.05) is 0 Å². The second-order valence-corrected chi connectivity index (χ2v) is 1.48. The van der Waals surface area contributed by atoms with Crippen molar-refractivity contribution in [1.82, 2.24) is 0 Å². The lowest BCUT2D eigenvalue weighted by Crippen LogP contribution is -1.94. The Bertz CT molecular complexity index is 26.7. The molecule has 0 aliphatic heterocycles. The second-order valence-electron chi connectivity index (χ2n) is 1.48. The van der Waals surface area contributed by atoms with Gasteiger partial charge in [-0.15, -0.1) is 0 Å². The fourth-order valence-electron chi connectivity index (χ4n) is 0.129. The van der Waals surface area contributed by atoms with Crippen molar-refractivity contribution < 1.29 is 10.1 Å². The quantitative estimate of drug-likeness (QED) is 0.405. The van der Waals surface area contributed by atoms with E-state index >= 15 is 0 Å². The summed E-state index contributed by atoms with van der Waals surface area (Å²) in [5.41, 5.74) is 0. The van der Waals surface area contributed by atoms with E-state index in [1.54, 1.807) is 0 Å². The summed E-state index contributed by atoms with van der Waals surface area (Å²) in [6.45, 7) is 4.12. The molecule has 6 heavy (non-hydrogen) atoms. The molecule has 1 N–H and O–H groups in total. The van der Waals surface area contributed by atoms with Gasteiger partial charge < -0.3 is 0 Å². The molecule has 0 saturated carbocycles. The summed E-state index contributed by atoms with van der Waals surface area (Å²) in [5.74, 6) is 1.07. The molecule has 0 atom stereocenters. The molecular weight excluding hydrogens is 80.0 g/mol. The Kier molecular flexibility index (Phi) is 3.08. The van der Waals surface area contributed by atoms with Crippen LogP contribution in [-0.2, 0) is 4.89 Å². The second kappa shape index (κ2) is 3.12. The van der Waals surface area contributed by atoms with Crippen molar-refractivity contribution in [2.75, 3.05) is 6.61 Å². The van der Waals surface area contributed by atoms with Crippen LogP contribution in [0.15, 0.2) is 0 Å². The van der Waals surface area contributed by atoms with Crippen molar-refractivity contribution in [3.63, 3.8) is 0 Å². The minimum Gasteiger partial charge on any atom is -0.252 e. The maximum atomic E-state index is 7.72. The van der Waals surface area contributed by atoms with Gasteiger partial charge in [-0.25, -0.2) is 4.89 Å². The van der Waals surface area contributed by atoms with Crippen LogP contribution in [0.25, 0.3) is 0 Å². The van der Waals surface area contributed by atoms with Crippen LogP contribution < -0.4 is 0 Å². The van der Waals surface area contributed by atoms with Gasteiger partial charge in [0.15, 0.2) is 0 Å². The number of rotatable bonds is 2. The average Bonchev–Trinajstić information content (AvgIpc) is 1.35. The predicted molar refractivity (Wildman–Crippen MR) is 23.2 cm³/mol. The van der Waals surface area contributed by atoms with E-state index in [9.17, 15) is 0 Å². The molecule has 37 valence electrons. The Hall–Kier alpha value is -0.0800. The summed E-state index contributed by atoms with van der Waals surface area (Å²) < 4.78 is 0. The molecule has 0 bridgehead atoms. The molecule has 0 aliphatic rings. The molecule has 0 unspecified atom stereocenters. The molecule has 0 amide bonds. The molecule has 0 fully saturated rings. The summed E-state index contributed by atoms with van der Waals surface area (Å²) in [7, 11) is 0. The van der Waals surface area contributed by atoms with Crippen molar-refractivity contribution >= 4 is 0 Å². The zero-order chi connectivity index (χ0) is 4.99. The lowest BCUT2D eigenvalue weighted by molar-refractivity contribution is -0.237. The van der Waals surface area contributed by atoms with Gasteiger partial charge in [0.2, 0.25) is 0 Å². The monoisotopic (exact) mass is 89.1 g/mol. The van der Waals surface area contributed by atoms with E-state index in [1.165, 1.54) is 0 Å². The summed E-state index contributed by atoms with van der Waals surface area (Å²) in [6.07, 6.45) is 0. The van der Waals surface area contributed by atoms with E-state index in [4.69, 9.17) is 5.26 Å². The summed E-state index contributed by atoms with van der Waals surface area (Å²) in [6, 6.07) is 0. The number of hydrogen-bond donors (Lipinski definition) is 1. The molecule has 2 heteroatoms. The van der Waals surface area contributed by atoms with Crippen LogP contribution >= 0.6 is 0 Å². The standard InChI is InChI=1S/C4H9O2/c1-4(2)3-6-5/h5H,3H2,1-2H3. The van der Waals surface area contributed by atoms with Crippen LogP contribution in [0.4, 0.5) is 0 Å². The first-order chi connectivity index (χ1) is 2.77. The fraction of sp³-hybridized carbons (Fsp3) is 0.750. The third kappa shape index (κ3) is 3.92. The molecule has 0 spiro atoms. The Morgan fingerprint density at radius 3 is 2.17 bits per heavy atom. The van der Waals surface area contributed by atoms with Crippen molar-refractivity contribution in [2.45, 2.75) is 13.8 Å². The van der Waals surface area contributed by atoms with Crippen LogP contribution in [0.1, 0.15) is 13.8 Å². The minimum absolute atomic E-state index is 0.347. The zero-order valence-electron chi connectivity index (χ0n) is 4.06. The molecule has 0 aromatic carbocycles. The van der Waals surface area contributed by atoms with Gasteiger partial charge in [0.1, 0.15) is 0 Å². The van der Waals surface area contributed by atoms with Gasteiger partial charge in [-0.3, -0.25) is 5.26 Å². The molecule has 0 aromatic heterocycles. The molecule has 0 aliphatic carbocycles. The van der Waals surface area contributed by atoms with E-state index in [1.807, 2.05) is 13.8 Å². The number of hydrogen-bond acceptors (Lipinski definition) is 2. The third-order valence-electron chi connectivity index (χ3n) is 0.353. The molecule has 0 aromatic rings. The first-order valence-electron chi connectivity index (χ1n) is 1.82. The Morgan fingerprint density at radius 2 is 2.17 bits per heavy atom. The van der Waals surface area contributed by atoms with Gasteiger partial charge in [0.05, 0.1) is 6.61 Å². The van der Waals surface area contributed by atoms with E-state index in [2.05, 4.69) is 4.89 Å². The normalized spacial score (nSPS) is 10.0. The van der Waals surface area contributed by atoms with Crippen LogP contribution in [-0.4, -0.2) is 11.9 Å². The largest absolute Gasteiger partial charge is 0.252 e. The van der Waals surface area contributed by atoms with E-state index < -0.39 is 0 Å². The maximum absolute atomic E-state index is 7.72. The van der Waals surface area contributed by atoms with Crippen LogP contribution in [0.3, 0.4) is 0 Å². The Morgan fingerprint density at radius 1 is 1.67 bits per heavy atom. The van der Waals surface area contributed by atoms with E-state index in [-0.39, 0.29) is 0 Å². The molecule has 0 heterocycles. The van der Waals surface area contributed by atoms with Crippen molar-refractivity contribution in [2.24, 2.45) is 0 Å². The van der Waals surface area contributed by atoms with E-state index in [0.717, 1.165) is 5.92 Å². The lowest BCUT2D eigenvalue weighted by Gasteiger charge is -1.94. The third-order valence-corrected chi connectivity index (χ3v) is 0.353. The molecule has 0 rings (SSSR count). The smallest absolute Gasteiger partial charge is 0.0876 e. The fourth-order valence-corrected chi connectivity index (χ4v) is 0.129. The lowest BCUT2D eigenvalue weighted by atomic mass is 10.2. The van der Waals surface area contributed by atoms with Gasteiger partial charge in [-0.2, -0.15) is 0 Å². The van der Waals surface area contributed by atoms with E-state index in [0.29, 0.717) is 6.61 Å². The molecule has 0 saturated heterocycles. The highest BCUT2D eigenvalue weighted by Gasteiger charge is 1.88. The zero-order valence-corrected chi connectivity index (χ0v) is 4.06. The van der Waals surface area contributed by atoms with Crippen molar-refractivity contribution in [1.29, 1.82) is 0 Å². The predicted octanol–water partition coefficient (Wildman–Crippen LogP) is 1.09. The Labute approximate surface area is 37.7 Å². The average molecular weight is 89.1 g/mol. The van der Waals surface area contributed by atoms with Crippen molar-refractivity contribution in [3.05, 3.63) is 5.92 Å². The van der Waals surface area contributed by atoms with Gasteiger partial charge in [-0.1, -0.05) is 13.8 Å². The minimum atomic E-state index is 0.347. The molecular formula is C4H9O2. The van der Waals surface area contributed by atoms with Gasteiger partial charge >= 0.3 is 0 Å². The molecule has 2 nitrogen and oxygen atoms in total. The van der Waals surface area contributed by atoms with Gasteiger partial charge in [0.25, 0.3) is 0 Å². The first-order valence-corrected chi connectivity index (χ1v) is 1.82. The van der Waals surface area contributed by atoms with Crippen LogP contribution in [0.2, 0.25) is 0 Å². The highest BCUT2D eigenvalue weighted by molar-refractivity contribution is 4.73. The van der Waals surface area contributed by atoms with Gasteiger partial charge in [-0.05, 0) is 5.92 Å². The summed E-state index contributed by atoms with van der Waals surface area (Å²) in [4.78, 5) is 3.77. The highest BCUT2D eigenvalue weighted by Crippen LogP contribution is 1.91. The summed E-state index contributed by atoms with van der Waals surface area (Å²) in [5, 5.41) is 7.72. The topological polar surface area (TPSA) is 29.5 Å². The van der Waals surface area contributed by atoms with Crippen molar-refractivity contribution in [3.8, 4) is 0 Å². The van der Waals surface area contributed by atoms with Crippen LogP contribution in [0, 0.1) is 5.92 Å².